The van der Waals surface area contributed by atoms with Gasteiger partial charge in [0.1, 0.15) is 0 Å². The molecule has 0 saturated heterocycles. The Morgan fingerprint density at radius 3 is 3.08 bits per heavy atom. The molecule has 0 bridgehead atoms. The Bertz CT molecular complexity index is 283. The van der Waals surface area contributed by atoms with Gasteiger partial charge in [0.05, 0.1) is 6.61 Å². The Hall–Kier alpha value is -0.860. The fourth-order valence-electron chi connectivity index (χ4n) is 1.63. The average Bonchev–Trinajstić information content (AvgIpc) is 2.17. The zero-order chi connectivity index (χ0) is 8.39. The summed E-state index contributed by atoms with van der Waals surface area (Å²) in [5, 5.41) is 12.2. The van der Waals surface area contributed by atoms with Gasteiger partial charge in [-0.1, -0.05) is 18.2 Å². The number of benzene rings is 1. The fourth-order valence-corrected chi connectivity index (χ4v) is 1.63. The highest BCUT2D eigenvalue weighted by atomic mass is 16.3. The van der Waals surface area contributed by atoms with E-state index in [-0.39, 0.29) is 6.61 Å². The van der Waals surface area contributed by atoms with Gasteiger partial charge in [-0.2, -0.15) is 0 Å². The third-order valence-electron chi connectivity index (χ3n) is 2.34. The van der Waals surface area contributed by atoms with Crippen LogP contribution in [0.3, 0.4) is 0 Å². The molecule has 0 unspecified atom stereocenters. The molecule has 2 heteroatoms. The molecule has 12 heavy (non-hydrogen) atoms. The SMILES string of the molecule is OCc1ccc2c(c1)CNCC2. The van der Waals surface area contributed by atoms with Gasteiger partial charge in [0.25, 0.3) is 0 Å². The molecule has 0 aliphatic carbocycles. The van der Waals surface area contributed by atoms with Crippen molar-refractivity contribution in [2.75, 3.05) is 6.54 Å². The molecular weight excluding hydrogens is 150 g/mol. The summed E-state index contributed by atoms with van der Waals surface area (Å²) in [4.78, 5) is 0. The second kappa shape index (κ2) is 3.25. The van der Waals surface area contributed by atoms with E-state index >= 15 is 0 Å². The monoisotopic (exact) mass is 163 g/mol. The van der Waals surface area contributed by atoms with Gasteiger partial charge in [-0.25, -0.2) is 0 Å². The Morgan fingerprint density at radius 1 is 1.33 bits per heavy atom. The molecule has 0 spiro atoms. The van der Waals surface area contributed by atoms with Gasteiger partial charge >= 0.3 is 0 Å². The van der Waals surface area contributed by atoms with Crippen molar-refractivity contribution in [1.82, 2.24) is 5.32 Å². The molecule has 64 valence electrons. The Kier molecular flexibility index (Phi) is 2.11. The van der Waals surface area contributed by atoms with E-state index in [0.29, 0.717) is 0 Å². The number of hydrogen-bond acceptors (Lipinski definition) is 2. The van der Waals surface area contributed by atoms with Gasteiger partial charge in [-0.05, 0) is 29.7 Å². The van der Waals surface area contributed by atoms with Crippen molar-refractivity contribution in [3.8, 4) is 0 Å². The summed E-state index contributed by atoms with van der Waals surface area (Å²) in [6.45, 7) is 2.17. The second-order valence-corrected chi connectivity index (χ2v) is 3.19. The highest BCUT2D eigenvalue weighted by molar-refractivity contribution is 5.33. The van der Waals surface area contributed by atoms with Crippen LogP contribution in [0.2, 0.25) is 0 Å². The first-order valence-corrected chi connectivity index (χ1v) is 4.32. The van der Waals surface area contributed by atoms with Gasteiger partial charge in [0.15, 0.2) is 0 Å². The summed E-state index contributed by atoms with van der Waals surface area (Å²) in [7, 11) is 0. The second-order valence-electron chi connectivity index (χ2n) is 3.19. The van der Waals surface area contributed by atoms with Crippen molar-refractivity contribution in [1.29, 1.82) is 0 Å². The van der Waals surface area contributed by atoms with E-state index in [2.05, 4.69) is 17.4 Å². The van der Waals surface area contributed by atoms with Crippen LogP contribution in [0, 0.1) is 0 Å². The molecule has 0 atom stereocenters. The van der Waals surface area contributed by atoms with Crippen molar-refractivity contribution in [3.05, 3.63) is 34.9 Å². The van der Waals surface area contributed by atoms with E-state index in [4.69, 9.17) is 5.11 Å². The largest absolute Gasteiger partial charge is 0.392 e. The summed E-state index contributed by atoms with van der Waals surface area (Å²) in [6, 6.07) is 6.22. The van der Waals surface area contributed by atoms with E-state index in [1.165, 1.54) is 11.1 Å². The van der Waals surface area contributed by atoms with Crippen LogP contribution in [0.4, 0.5) is 0 Å². The van der Waals surface area contributed by atoms with Crippen molar-refractivity contribution >= 4 is 0 Å². The topological polar surface area (TPSA) is 32.3 Å². The number of fused-ring (bicyclic) bond motifs is 1. The van der Waals surface area contributed by atoms with Crippen LogP contribution in [-0.2, 0) is 19.6 Å². The van der Waals surface area contributed by atoms with Crippen molar-refractivity contribution in [3.63, 3.8) is 0 Å². The highest BCUT2D eigenvalue weighted by Gasteiger charge is 2.07. The lowest BCUT2D eigenvalue weighted by Crippen LogP contribution is -2.23. The highest BCUT2D eigenvalue weighted by Crippen LogP contribution is 2.15. The molecule has 2 rings (SSSR count). The van der Waals surface area contributed by atoms with E-state index in [9.17, 15) is 0 Å². The molecule has 1 aromatic carbocycles. The van der Waals surface area contributed by atoms with E-state index in [1.54, 1.807) is 0 Å². The fraction of sp³-hybridized carbons (Fsp3) is 0.400. The van der Waals surface area contributed by atoms with Crippen LogP contribution >= 0.6 is 0 Å². The van der Waals surface area contributed by atoms with Gasteiger partial charge < -0.3 is 10.4 Å². The third-order valence-corrected chi connectivity index (χ3v) is 2.34. The first-order chi connectivity index (χ1) is 5.90. The summed E-state index contributed by atoms with van der Waals surface area (Å²) >= 11 is 0. The molecule has 1 aliphatic heterocycles. The maximum absolute atomic E-state index is 8.92. The maximum atomic E-state index is 8.92. The van der Waals surface area contributed by atoms with Gasteiger partial charge in [0.2, 0.25) is 0 Å². The average molecular weight is 163 g/mol. The molecule has 0 saturated carbocycles. The van der Waals surface area contributed by atoms with Crippen LogP contribution in [0.25, 0.3) is 0 Å². The lowest BCUT2D eigenvalue weighted by molar-refractivity contribution is 0.281. The van der Waals surface area contributed by atoms with Gasteiger partial charge in [0, 0.05) is 6.54 Å². The molecule has 1 heterocycles. The van der Waals surface area contributed by atoms with Crippen molar-refractivity contribution in [2.24, 2.45) is 0 Å². The smallest absolute Gasteiger partial charge is 0.0681 e. The predicted octanol–water partition coefficient (Wildman–Crippen LogP) is 0.825. The Balaban J connectivity index is 2.36. The number of aliphatic hydroxyl groups is 1. The lowest BCUT2D eigenvalue weighted by atomic mass is 9.99. The lowest BCUT2D eigenvalue weighted by Gasteiger charge is -2.17. The van der Waals surface area contributed by atoms with Crippen LogP contribution < -0.4 is 5.32 Å². The van der Waals surface area contributed by atoms with Crippen LogP contribution in [0.1, 0.15) is 16.7 Å². The standard InChI is InChI=1S/C10H13NO/c12-7-8-1-2-9-3-4-11-6-10(9)5-8/h1-2,5,11-12H,3-4,6-7H2. The normalized spacial score (nSPS) is 15.8. The number of rotatable bonds is 1. The van der Waals surface area contributed by atoms with E-state index in [1.807, 2.05) is 6.07 Å². The molecule has 2 nitrogen and oxygen atoms in total. The predicted molar refractivity (Wildman–Crippen MR) is 47.8 cm³/mol. The number of hydrogen-bond donors (Lipinski definition) is 2. The first kappa shape index (κ1) is 7.77. The molecule has 0 radical (unpaired) electrons. The quantitative estimate of drug-likeness (QED) is 0.642. The third kappa shape index (κ3) is 1.36. The summed E-state index contributed by atoms with van der Waals surface area (Å²) in [5.41, 5.74) is 3.77. The zero-order valence-electron chi connectivity index (χ0n) is 7.01. The van der Waals surface area contributed by atoms with E-state index in [0.717, 1.165) is 25.1 Å². The molecule has 1 aromatic rings. The van der Waals surface area contributed by atoms with Crippen molar-refractivity contribution in [2.45, 2.75) is 19.6 Å². The van der Waals surface area contributed by atoms with Gasteiger partial charge in [-0.15, -0.1) is 0 Å². The molecule has 2 N–H and O–H groups in total. The Morgan fingerprint density at radius 2 is 2.25 bits per heavy atom. The summed E-state index contributed by atoms with van der Waals surface area (Å²) < 4.78 is 0. The molecule has 0 aromatic heterocycles. The molecule has 0 amide bonds. The number of aliphatic hydroxyl groups excluding tert-OH is 1. The summed E-state index contributed by atoms with van der Waals surface area (Å²) in [6.07, 6.45) is 1.11. The van der Waals surface area contributed by atoms with E-state index < -0.39 is 0 Å². The molecular formula is C10H13NO. The minimum atomic E-state index is 0.146. The van der Waals surface area contributed by atoms with Gasteiger partial charge in [-0.3, -0.25) is 0 Å². The molecule has 1 aliphatic rings. The summed E-state index contributed by atoms with van der Waals surface area (Å²) in [5.74, 6) is 0. The Labute approximate surface area is 72.2 Å². The van der Waals surface area contributed by atoms with Crippen LogP contribution in [0.15, 0.2) is 18.2 Å². The van der Waals surface area contributed by atoms with Crippen molar-refractivity contribution < 1.29 is 5.11 Å². The zero-order valence-corrected chi connectivity index (χ0v) is 7.01. The number of nitrogens with one attached hydrogen (secondary N) is 1. The first-order valence-electron chi connectivity index (χ1n) is 4.32. The van der Waals surface area contributed by atoms with Crippen LogP contribution in [0.5, 0.6) is 0 Å². The molecule has 0 fully saturated rings. The minimum Gasteiger partial charge on any atom is -0.392 e. The van der Waals surface area contributed by atoms with Crippen LogP contribution in [-0.4, -0.2) is 11.7 Å². The minimum absolute atomic E-state index is 0.146. The maximum Gasteiger partial charge on any atom is 0.0681 e.